The van der Waals surface area contributed by atoms with Crippen molar-refractivity contribution in [1.29, 1.82) is 0 Å². The normalized spacial score (nSPS) is 11.9. The molecule has 0 aliphatic heterocycles. The molecule has 2 aromatic carbocycles. The first-order chi connectivity index (χ1) is 8.99. The summed E-state index contributed by atoms with van der Waals surface area (Å²) in [5.74, 6) is 0. The van der Waals surface area contributed by atoms with Gasteiger partial charge in [-0.25, -0.2) is 0 Å². The maximum atomic E-state index is 12.0. The SMILES string of the molecule is Cc1ccc(S(=O)(=O)N=Nc2ccccc2Br)cc1. The quantitative estimate of drug-likeness (QED) is 0.786. The third-order valence-electron chi connectivity index (χ3n) is 2.43. The van der Waals surface area contributed by atoms with Gasteiger partial charge in [-0.2, -0.15) is 8.42 Å². The van der Waals surface area contributed by atoms with Crippen LogP contribution >= 0.6 is 15.9 Å². The number of sulfonamides is 1. The number of aryl methyl sites for hydroxylation is 1. The Morgan fingerprint density at radius 2 is 1.63 bits per heavy atom. The van der Waals surface area contributed by atoms with Crippen molar-refractivity contribution in [3.05, 3.63) is 58.6 Å². The Morgan fingerprint density at radius 3 is 2.26 bits per heavy atom. The average molecular weight is 339 g/mol. The van der Waals surface area contributed by atoms with Crippen LogP contribution in [0.15, 0.2) is 67.5 Å². The number of nitrogens with zero attached hydrogens (tertiary/aromatic N) is 2. The lowest BCUT2D eigenvalue weighted by molar-refractivity contribution is 0.595. The average Bonchev–Trinajstić information content (AvgIpc) is 2.38. The molecule has 0 aromatic heterocycles. The smallest absolute Gasteiger partial charge is 0.198 e. The van der Waals surface area contributed by atoms with E-state index in [0.29, 0.717) is 10.2 Å². The molecule has 98 valence electrons. The van der Waals surface area contributed by atoms with Crippen molar-refractivity contribution in [1.82, 2.24) is 0 Å². The summed E-state index contributed by atoms with van der Waals surface area (Å²) in [4.78, 5) is 0.133. The first-order valence-corrected chi connectivity index (χ1v) is 7.71. The standard InChI is InChI=1S/C13H11BrN2O2S/c1-10-6-8-11(9-7-10)19(17,18)16-15-13-5-3-2-4-12(13)14/h2-9H,1H3. The van der Waals surface area contributed by atoms with E-state index < -0.39 is 10.0 Å². The number of hydrogen-bond acceptors (Lipinski definition) is 3. The van der Waals surface area contributed by atoms with Gasteiger partial charge in [-0.1, -0.05) is 34.3 Å². The van der Waals surface area contributed by atoms with Gasteiger partial charge >= 0.3 is 0 Å². The molecule has 0 unspecified atom stereocenters. The van der Waals surface area contributed by atoms with Gasteiger partial charge in [0.05, 0.1) is 4.90 Å². The second-order valence-electron chi connectivity index (χ2n) is 3.92. The van der Waals surface area contributed by atoms with Crippen molar-refractivity contribution in [2.24, 2.45) is 9.63 Å². The number of halogens is 1. The van der Waals surface area contributed by atoms with Crippen LogP contribution in [0.25, 0.3) is 0 Å². The Bertz CT molecular complexity index is 710. The lowest BCUT2D eigenvalue weighted by Gasteiger charge is -1.99. The first-order valence-electron chi connectivity index (χ1n) is 5.48. The van der Waals surface area contributed by atoms with Gasteiger partial charge < -0.3 is 0 Å². The molecule has 4 nitrogen and oxygen atoms in total. The summed E-state index contributed by atoms with van der Waals surface area (Å²) in [5, 5.41) is 3.77. The highest BCUT2D eigenvalue weighted by Crippen LogP contribution is 2.26. The Balaban J connectivity index is 2.32. The van der Waals surface area contributed by atoms with E-state index in [1.54, 1.807) is 30.3 Å². The highest BCUT2D eigenvalue weighted by atomic mass is 79.9. The maximum Gasteiger partial charge on any atom is 0.299 e. The van der Waals surface area contributed by atoms with E-state index in [4.69, 9.17) is 0 Å². The summed E-state index contributed by atoms with van der Waals surface area (Å²) in [6.07, 6.45) is 0. The van der Waals surface area contributed by atoms with Crippen molar-refractivity contribution in [2.45, 2.75) is 11.8 Å². The van der Waals surface area contributed by atoms with E-state index in [2.05, 4.69) is 25.6 Å². The van der Waals surface area contributed by atoms with Crippen LogP contribution in [0.5, 0.6) is 0 Å². The summed E-state index contributed by atoms with van der Waals surface area (Å²) in [6.45, 7) is 1.89. The Kier molecular flexibility index (Phi) is 4.11. The minimum atomic E-state index is -3.75. The Labute approximate surface area is 120 Å². The van der Waals surface area contributed by atoms with E-state index in [0.717, 1.165) is 5.56 Å². The van der Waals surface area contributed by atoms with Crippen LogP contribution in [0.3, 0.4) is 0 Å². The van der Waals surface area contributed by atoms with Crippen LogP contribution < -0.4 is 0 Å². The molecule has 0 aliphatic rings. The molecule has 19 heavy (non-hydrogen) atoms. The zero-order chi connectivity index (χ0) is 13.9. The molecule has 2 rings (SSSR count). The lowest BCUT2D eigenvalue weighted by Crippen LogP contribution is -1.95. The van der Waals surface area contributed by atoms with E-state index >= 15 is 0 Å². The summed E-state index contributed by atoms with van der Waals surface area (Å²) < 4.78 is 28.1. The van der Waals surface area contributed by atoms with Gasteiger partial charge in [-0.05, 0) is 47.1 Å². The second-order valence-corrected chi connectivity index (χ2v) is 6.36. The van der Waals surface area contributed by atoms with Crippen LogP contribution in [0, 0.1) is 6.92 Å². The van der Waals surface area contributed by atoms with Gasteiger partial charge in [0.1, 0.15) is 5.69 Å². The molecule has 0 spiro atoms. The Morgan fingerprint density at radius 1 is 1.00 bits per heavy atom. The highest BCUT2D eigenvalue weighted by molar-refractivity contribution is 9.10. The largest absolute Gasteiger partial charge is 0.299 e. The van der Waals surface area contributed by atoms with Crippen LogP contribution in [0.2, 0.25) is 0 Å². The molecule has 0 fully saturated rings. The molecular weight excluding hydrogens is 328 g/mol. The minimum Gasteiger partial charge on any atom is -0.198 e. The van der Waals surface area contributed by atoms with E-state index in [1.807, 2.05) is 13.0 Å². The van der Waals surface area contributed by atoms with Crippen LogP contribution in [0.4, 0.5) is 5.69 Å². The molecule has 0 bridgehead atoms. The summed E-state index contributed by atoms with van der Waals surface area (Å²) >= 11 is 3.28. The van der Waals surface area contributed by atoms with Gasteiger partial charge in [0.25, 0.3) is 10.0 Å². The maximum absolute atomic E-state index is 12.0. The topological polar surface area (TPSA) is 58.9 Å². The van der Waals surface area contributed by atoms with Crippen molar-refractivity contribution in [3.8, 4) is 0 Å². The van der Waals surface area contributed by atoms with Gasteiger partial charge in [-0.15, -0.1) is 5.11 Å². The van der Waals surface area contributed by atoms with Crippen LogP contribution in [-0.4, -0.2) is 8.42 Å². The van der Waals surface area contributed by atoms with Crippen LogP contribution in [0.1, 0.15) is 5.56 Å². The number of benzene rings is 2. The molecular formula is C13H11BrN2O2S. The Hall–Kier alpha value is -1.53. The molecule has 0 saturated heterocycles. The van der Waals surface area contributed by atoms with E-state index in [-0.39, 0.29) is 4.90 Å². The van der Waals surface area contributed by atoms with Crippen molar-refractivity contribution < 1.29 is 8.42 Å². The van der Waals surface area contributed by atoms with Crippen molar-refractivity contribution >= 4 is 31.6 Å². The number of rotatable bonds is 3. The third kappa shape index (κ3) is 3.48. The molecule has 6 heteroatoms. The van der Waals surface area contributed by atoms with Crippen LogP contribution in [-0.2, 0) is 10.0 Å². The summed E-state index contributed by atoms with van der Waals surface area (Å²) in [5.41, 5.74) is 1.46. The minimum absolute atomic E-state index is 0.133. The highest BCUT2D eigenvalue weighted by Gasteiger charge is 2.12. The predicted molar refractivity (Wildman–Crippen MR) is 77.0 cm³/mol. The summed E-state index contributed by atoms with van der Waals surface area (Å²) in [7, 11) is -3.75. The molecule has 0 aliphatic carbocycles. The molecule has 0 amide bonds. The molecule has 2 aromatic rings. The number of hydrogen-bond donors (Lipinski definition) is 0. The zero-order valence-corrected chi connectivity index (χ0v) is 12.5. The van der Waals surface area contributed by atoms with Gasteiger partial charge in [-0.3, -0.25) is 0 Å². The molecule has 0 heterocycles. The van der Waals surface area contributed by atoms with Crippen molar-refractivity contribution in [3.63, 3.8) is 0 Å². The second kappa shape index (κ2) is 5.63. The first kappa shape index (κ1) is 13.9. The zero-order valence-electron chi connectivity index (χ0n) is 10.1. The monoisotopic (exact) mass is 338 g/mol. The molecule has 0 N–H and O–H groups in total. The lowest BCUT2D eigenvalue weighted by atomic mass is 10.2. The predicted octanol–water partition coefficient (Wildman–Crippen LogP) is 4.23. The summed E-state index contributed by atoms with van der Waals surface area (Å²) in [6, 6.07) is 13.5. The van der Waals surface area contributed by atoms with Crippen molar-refractivity contribution in [2.75, 3.05) is 0 Å². The van der Waals surface area contributed by atoms with Gasteiger partial charge in [0.15, 0.2) is 0 Å². The fourth-order valence-corrected chi connectivity index (χ4v) is 2.52. The fraction of sp³-hybridized carbons (Fsp3) is 0.0769. The van der Waals surface area contributed by atoms with E-state index in [1.165, 1.54) is 12.1 Å². The van der Waals surface area contributed by atoms with Gasteiger partial charge in [0, 0.05) is 4.47 Å². The fourth-order valence-electron chi connectivity index (χ4n) is 1.39. The molecule has 0 radical (unpaired) electrons. The molecule has 0 atom stereocenters. The molecule has 0 saturated carbocycles. The van der Waals surface area contributed by atoms with Gasteiger partial charge in [0.2, 0.25) is 0 Å². The third-order valence-corrected chi connectivity index (χ3v) is 4.26. The van der Waals surface area contributed by atoms with E-state index in [9.17, 15) is 8.42 Å².